The van der Waals surface area contributed by atoms with Gasteiger partial charge in [-0.25, -0.2) is 0 Å². The maximum absolute atomic E-state index is 9.71. The van der Waals surface area contributed by atoms with Gasteiger partial charge in [0, 0.05) is 5.33 Å². The molecule has 0 saturated carbocycles. The zero-order valence-corrected chi connectivity index (χ0v) is 9.90. The van der Waals surface area contributed by atoms with Gasteiger partial charge in [0.2, 0.25) is 0 Å². The van der Waals surface area contributed by atoms with E-state index in [1.165, 1.54) is 0 Å². The number of aryl methyl sites for hydroxylation is 1. The number of hydrogen-bond acceptors (Lipinski definition) is 3. The van der Waals surface area contributed by atoms with Crippen molar-refractivity contribution >= 4 is 15.9 Å². The Hall–Kier alpha value is -0.890. The van der Waals surface area contributed by atoms with Crippen molar-refractivity contribution in [2.45, 2.75) is 19.1 Å². The number of nitrogens with zero attached hydrogens (tertiary/aromatic N) is 1. The van der Waals surface area contributed by atoms with Crippen LogP contribution in [-0.2, 0) is 0 Å². The van der Waals surface area contributed by atoms with Crippen LogP contribution in [0.25, 0.3) is 0 Å². The van der Waals surface area contributed by atoms with Gasteiger partial charge in [-0.05, 0) is 24.1 Å². The van der Waals surface area contributed by atoms with Gasteiger partial charge < -0.3 is 10.2 Å². The first-order chi connectivity index (χ1) is 7.10. The Balaban J connectivity index is 2.98. The van der Waals surface area contributed by atoms with Crippen LogP contribution in [0.1, 0.15) is 22.8 Å². The average Bonchev–Trinajstić information content (AvgIpc) is 2.26. The second-order valence-corrected chi connectivity index (χ2v) is 4.00. The summed E-state index contributed by atoms with van der Waals surface area (Å²) < 4.78 is 0. The van der Waals surface area contributed by atoms with Crippen molar-refractivity contribution in [1.29, 1.82) is 5.26 Å². The predicted octanol–water partition coefficient (Wildman–Crippen LogP) is 1.66. The molecule has 2 unspecified atom stereocenters. The molecule has 1 aromatic carbocycles. The van der Waals surface area contributed by atoms with E-state index >= 15 is 0 Å². The number of rotatable bonds is 3. The Labute approximate surface area is 97.1 Å². The Morgan fingerprint density at radius 2 is 2.13 bits per heavy atom. The second-order valence-electron chi connectivity index (χ2n) is 3.35. The lowest BCUT2D eigenvalue weighted by Gasteiger charge is -2.16. The zero-order chi connectivity index (χ0) is 11.4. The quantitative estimate of drug-likeness (QED) is 0.821. The van der Waals surface area contributed by atoms with Crippen LogP contribution < -0.4 is 0 Å². The molecular weight excluding hydrogens is 258 g/mol. The number of aliphatic hydroxyl groups is 2. The highest BCUT2D eigenvalue weighted by Crippen LogP contribution is 2.20. The molecule has 0 aliphatic rings. The molecule has 0 aliphatic carbocycles. The number of aliphatic hydroxyl groups excluding tert-OH is 2. The standard InChI is InChI=1S/C11H12BrNO2/c1-7-4-8(2-3-9(7)6-13)11(15)10(14)5-12/h2-4,10-11,14-15H,5H2,1H3. The smallest absolute Gasteiger partial charge is 0.106 e. The lowest BCUT2D eigenvalue weighted by atomic mass is 10.0. The van der Waals surface area contributed by atoms with Crippen LogP contribution in [0.2, 0.25) is 0 Å². The molecule has 1 rings (SSSR count). The van der Waals surface area contributed by atoms with Crippen molar-refractivity contribution < 1.29 is 10.2 Å². The van der Waals surface area contributed by atoms with Crippen LogP contribution in [0, 0.1) is 18.3 Å². The summed E-state index contributed by atoms with van der Waals surface area (Å²) in [4.78, 5) is 0. The minimum Gasteiger partial charge on any atom is -0.389 e. The Morgan fingerprint density at radius 1 is 1.47 bits per heavy atom. The Kier molecular flexibility index (Phi) is 4.28. The maximum atomic E-state index is 9.71. The zero-order valence-electron chi connectivity index (χ0n) is 8.31. The minimum absolute atomic E-state index is 0.313. The fourth-order valence-electron chi connectivity index (χ4n) is 1.30. The van der Waals surface area contributed by atoms with Gasteiger partial charge >= 0.3 is 0 Å². The number of benzene rings is 1. The van der Waals surface area contributed by atoms with Gasteiger partial charge in [-0.1, -0.05) is 28.1 Å². The first-order valence-corrected chi connectivity index (χ1v) is 5.65. The van der Waals surface area contributed by atoms with Crippen molar-refractivity contribution in [3.8, 4) is 6.07 Å². The van der Waals surface area contributed by atoms with Crippen molar-refractivity contribution in [2.75, 3.05) is 5.33 Å². The van der Waals surface area contributed by atoms with Crippen molar-refractivity contribution in [3.05, 3.63) is 34.9 Å². The van der Waals surface area contributed by atoms with Crippen LogP contribution in [0.5, 0.6) is 0 Å². The molecule has 0 bridgehead atoms. The van der Waals surface area contributed by atoms with Crippen LogP contribution in [0.4, 0.5) is 0 Å². The summed E-state index contributed by atoms with van der Waals surface area (Å²) in [7, 11) is 0. The highest BCUT2D eigenvalue weighted by atomic mass is 79.9. The molecule has 0 aromatic heterocycles. The van der Waals surface area contributed by atoms with Gasteiger partial charge in [0.1, 0.15) is 6.10 Å². The number of halogens is 1. The van der Waals surface area contributed by atoms with E-state index in [2.05, 4.69) is 22.0 Å². The van der Waals surface area contributed by atoms with Gasteiger partial charge in [0.05, 0.1) is 17.7 Å². The van der Waals surface area contributed by atoms with Crippen molar-refractivity contribution in [3.63, 3.8) is 0 Å². The predicted molar refractivity (Wildman–Crippen MR) is 60.7 cm³/mol. The summed E-state index contributed by atoms with van der Waals surface area (Å²) in [5.41, 5.74) is 2.01. The van der Waals surface area contributed by atoms with Gasteiger partial charge in [-0.15, -0.1) is 0 Å². The van der Waals surface area contributed by atoms with Crippen LogP contribution >= 0.6 is 15.9 Å². The van der Waals surface area contributed by atoms with E-state index in [0.29, 0.717) is 16.5 Å². The molecule has 4 heteroatoms. The molecule has 2 N–H and O–H groups in total. The van der Waals surface area contributed by atoms with E-state index in [1.807, 2.05) is 0 Å². The number of alkyl halides is 1. The van der Waals surface area contributed by atoms with Gasteiger partial charge in [-0.2, -0.15) is 5.26 Å². The second kappa shape index (κ2) is 5.26. The average molecular weight is 270 g/mol. The summed E-state index contributed by atoms with van der Waals surface area (Å²) in [6, 6.07) is 7.07. The molecule has 80 valence electrons. The van der Waals surface area contributed by atoms with Gasteiger partial charge in [0.15, 0.2) is 0 Å². The molecule has 0 fully saturated rings. The highest BCUT2D eigenvalue weighted by Gasteiger charge is 2.17. The summed E-state index contributed by atoms with van der Waals surface area (Å²) in [6.07, 6.45) is -1.76. The van der Waals surface area contributed by atoms with E-state index in [0.717, 1.165) is 5.56 Å². The van der Waals surface area contributed by atoms with Crippen LogP contribution in [-0.4, -0.2) is 21.6 Å². The maximum Gasteiger partial charge on any atom is 0.106 e. The molecule has 0 amide bonds. The molecule has 2 atom stereocenters. The molecule has 0 radical (unpaired) electrons. The largest absolute Gasteiger partial charge is 0.389 e. The molecule has 0 aliphatic heterocycles. The molecule has 0 heterocycles. The van der Waals surface area contributed by atoms with E-state index in [9.17, 15) is 10.2 Å². The van der Waals surface area contributed by atoms with Crippen molar-refractivity contribution in [2.24, 2.45) is 0 Å². The van der Waals surface area contributed by atoms with Crippen molar-refractivity contribution in [1.82, 2.24) is 0 Å². The molecular formula is C11H12BrNO2. The topological polar surface area (TPSA) is 64.2 Å². The number of hydrogen-bond donors (Lipinski definition) is 2. The first kappa shape index (κ1) is 12.2. The monoisotopic (exact) mass is 269 g/mol. The molecule has 3 nitrogen and oxygen atoms in total. The fourth-order valence-corrected chi connectivity index (χ4v) is 1.66. The normalized spacial score (nSPS) is 14.3. The minimum atomic E-state index is -0.921. The highest BCUT2D eigenvalue weighted by molar-refractivity contribution is 9.09. The van der Waals surface area contributed by atoms with Gasteiger partial charge in [-0.3, -0.25) is 0 Å². The Morgan fingerprint density at radius 3 is 2.60 bits per heavy atom. The fraction of sp³-hybridized carbons (Fsp3) is 0.364. The number of nitriles is 1. The van der Waals surface area contributed by atoms with Crippen LogP contribution in [0.15, 0.2) is 18.2 Å². The van der Waals surface area contributed by atoms with E-state index in [4.69, 9.17) is 5.26 Å². The molecule has 1 aromatic rings. The summed E-state index contributed by atoms with van der Waals surface area (Å²) in [5.74, 6) is 0. The summed E-state index contributed by atoms with van der Waals surface area (Å²) in [6.45, 7) is 1.80. The van der Waals surface area contributed by atoms with E-state index in [-0.39, 0.29) is 0 Å². The molecule has 0 spiro atoms. The summed E-state index contributed by atoms with van der Waals surface area (Å²) in [5, 5.41) is 28.2. The third-order valence-corrected chi connectivity index (χ3v) is 2.90. The third kappa shape index (κ3) is 2.78. The van der Waals surface area contributed by atoms with Crippen LogP contribution in [0.3, 0.4) is 0 Å². The SMILES string of the molecule is Cc1cc(C(O)C(O)CBr)ccc1C#N. The lowest BCUT2D eigenvalue weighted by molar-refractivity contribution is 0.0342. The van der Waals surface area contributed by atoms with E-state index < -0.39 is 12.2 Å². The van der Waals surface area contributed by atoms with E-state index in [1.54, 1.807) is 25.1 Å². The molecule has 0 saturated heterocycles. The first-order valence-electron chi connectivity index (χ1n) is 4.53. The van der Waals surface area contributed by atoms with Gasteiger partial charge in [0.25, 0.3) is 0 Å². The summed E-state index contributed by atoms with van der Waals surface area (Å²) >= 11 is 3.10. The lowest BCUT2D eigenvalue weighted by Crippen LogP contribution is -2.19. The Bertz CT molecular complexity index is 387. The third-order valence-electron chi connectivity index (χ3n) is 2.23. The molecule has 15 heavy (non-hydrogen) atoms.